The van der Waals surface area contributed by atoms with Gasteiger partial charge in [0.25, 0.3) is 0 Å². The third-order valence-corrected chi connectivity index (χ3v) is 5.97. The zero-order valence-electron chi connectivity index (χ0n) is 19.9. The highest BCUT2D eigenvalue weighted by Crippen LogP contribution is 2.32. The summed E-state index contributed by atoms with van der Waals surface area (Å²) in [4.78, 5) is 11.1. The molecule has 0 bridgehead atoms. The third kappa shape index (κ3) is 5.38. The highest BCUT2D eigenvalue weighted by Gasteiger charge is 2.24. The van der Waals surface area contributed by atoms with Crippen LogP contribution in [-0.4, -0.2) is 71.5 Å². The lowest BCUT2D eigenvalue weighted by atomic mass is 10.1. The average molecular weight is 458 g/mol. The molecule has 8 heteroatoms. The minimum Gasteiger partial charge on any atom is -0.507 e. The van der Waals surface area contributed by atoms with Gasteiger partial charge >= 0.3 is 0 Å². The minimum absolute atomic E-state index is 0.172. The molecule has 0 aliphatic carbocycles. The van der Waals surface area contributed by atoms with Gasteiger partial charge < -0.3 is 20.6 Å². The van der Waals surface area contributed by atoms with E-state index in [1.54, 1.807) is 12.1 Å². The Morgan fingerprint density at radius 1 is 1.12 bits per heavy atom. The van der Waals surface area contributed by atoms with Crippen molar-refractivity contribution < 1.29 is 5.11 Å². The maximum atomic E-state index is 10.2. The Balaban J connectivity index is 1.55. The van der Waals surface area contributed by atoms with Crippen molar-refractivity contribution in [2.45, 2.75) is 19.4 Å². The van der Waals surface area contributed by atoms with E-state index in [4.69, 9.17) is 5.73 Å². The molecule has 176 valence electrons. The lowest BCUT2D eigenvalue weighted by Crippen LogP contribution is -2.35. The van der Waals surface area contributed by atoms with E-state index in [1.807, 2.05) is 49.5 Å². The van der Waals surface area contributed by atoms with E-state index >= 15 is 0 Å². The van der Waals surface area contributed by atoms with E-state index < -0.39 is 0 Å². The number of anilines is 3. The quantitative estimate of drug-likeness (QED) is 0.578. The summed E-state index contributed by atoms with van der Waals surface area (Å²) in [5.41, 5.74) is 10.2. The predicted molar refractivity (Wildman–Crippen MR) is 137 cm³/mol. The first-order valence-corrected chi connectivity index (χ1v) is 11.4. The number of aromatic nitrogens is 3. The monoisotopic (exact) mass is 457 g/mol. The van der Waals surface area contributed by atoms with Gasteiger partial charge in [0.15, 0.2) is 5.82 Å². The van der Waals surface area contributed by atoms with Crippen molar-refractivity contribution in [1.29, 1.82) is 0 Å². The van der Waals surface area contributed by atoms with Crippen molar-refractivity contribution in [2.24, 2.45) is 0 Å². The fraction of sp³-hybridized carbons (Fsp3) is 0.346. The molecule has 34 heavy (non-hydrogen) atoms. The Bertz CT molecular complexity index is 1200. The lowest BCUT2D eigenvalue weighted by Gasteiger charge is -2.29. The molecule has 0 spiro atoms. The number of phenolic OH excluding ortho intramolecular Hbond substituents is 1. The topological polar surface area (TPSA) is 94.6 Å². The van der Waals surface area contributed by atoms with Gasteiger partial charge in [-0.2, -0.15) is 0 Å². The van der Waals surface area contributed by atoms with Crippen molar-refractivity contribution in [1.82, 2.24) is 20.1 Å². The molecular formula is C26H31N7O. The molecule has 1 unspecified atom stereocenters. The molecular weight excluding hydrogens is 426 g/mol. The smallest absolute Gasteiger partial charge is 0.169 e. The molecule has 4 rings (SSSR count). The molecule has 2 aromatic heterocycles. The van der Waals surface area contributed by atoms with Crippen LogP contribution in [0.1, 0.15) is 19.0 Å². The Kier molecular flexibility index (Phi) is 7.14. The Morgan fingerprint density at radius 3 is 2.74 bits per heavy atom. The highest BCUT2D eigenvalue weighted by molar-refractivity contribution is 5.74. The molecule has 8 nitrogen and oxygen atoms in total. The molecule has 0 saturated carbocycles. The van der Waals surface area contributed by atoms with Crippen LogP contribution < -0.4 is 15.5 Å². The maximum absolute atomic E-state index is 10.2. The number of nitrogen functional groups attached to an aromatic ring is 1. The van der Waals surface area contributed by atoms with Crippen molar-refractivity contribution in [3.05, 3.63) is 54.4 Å². The molecule has 0 radical (unpaired) electrons. The highest BCUT2D eigenvalue weighted by atomic mass is 16.3. The molecule has 1 saturated heterocycles. The van der Waals surface area contributed by atoms with Crippen LogP contribution in [0.25, 0.3) is 11.3 Å². The predicted octanol–water partition coefficient (Wildman–Crippen LogP) is 2.84. The summed E-state index contributed by atoms with van der Waals surface area (Å²) < 4.78 is 0. The summed E-state index contributed by atoms with van der Waals surface area (Å²) in [6.07, 6.45) is 2.78. The molecule has 1 aromatic carbocycles. The Morgan fingerprint density at radius 2 is 1.94 bits per heavy atom. The van der Waals surface area contributed by atoms with Crippen LogP contribution in [0.2, 0.25) is 0 Å². The van der Waals surface area contributed by atoms with Crippen molar-refractivity contribution >= 4 is 17.2 Å². The van der Waals surface area contributed by atoms with E-state index in [0.717, 1.165) is 43.1 Å². The first-order valence-electron chi connectivity index (χ1n) is 11.4. The Labute approximate surface area is 201 Å². The largest absolute Gasteiger partial charge is 0.507 e. The van der Waals surface area contributed by atoms with Gasteiger partial charge in [-0.1, -0.05) is 18.1 Å². The molecule has 3 N–H and O–H groups in total. The molecule has 3 heterocycles. The van der Waals surface area contributed by atoms with Gasteiger partial charge in [0.1, 0.15) is 11.4 Å². The summed E-state index contributed by atoms with van der Waals surface area (Å²) in [5.74, 6) is 6.88. The molecule has 1 aliphatic heterocycles. The zero-order valence-corrected chi connectivity index (χ0v) is 19.9. The van der Waals surface area contributed by atoms with Gasteiger partial charge in [-0.15, -0.1) is 10.2 Å². The van der Waals surface area contributed by atoms with Crippen LogP contribution >= 0.6 is 0 Å². The van der Waals surface area contributed by atoms with E-state index in [-0.39, 0.29) is 5.75 Å². The summed E-state index contributed by atoms with van der Waals surface area (Å²) in [6.45, 7) is 5.39. The maximum Gasteiger partial charge on any atom is 0.169 e. The van der Waals surface area contributed by atoms with Gasteiger partial charge in [0.2, 0.25) is 0 Å². The number of nitrogens with zero attached hydrogens (tertiary/aromatic N) is 6. The SMILES string of the molecule is CC1CCN(c2cc(-c3ccccc3O)nnc2N)CCN1c1ccnc(C#CCN(C)C)c1. The summed E-state index contributed by atoms with van der Waals surface area (Å²) in [6, 6.07) is 13.5. The van der Waals surface area contributed by atoms with Gasteiger partial charge in [-0.3, -0.25) is 4.90 Å². The van der Waals surface area contributed by atoms with E-state index in [2.05, 4.69) is 49.8 Å². The first-order chi connectivity index (χ1) is 16.4. The molecule has 1 fully saturated rings. The van der Waals surface area contributed by atoms with Crippen LogP contribution in [0.3, 0.4) is 0 Å². The zero-order chi connectivity index (χ0) is 24.1. The molecule has 1 aliphatic rings. The van der Waals surface area contributed by atoms with Gasteiger partial charge in [0, 0.05) is 43.1 Å². The summed E-state index contributed by atoms with van der Waals surface area (Å²) in [7, 11) is 4.00. The number of benzene rings is 1. The number of nitrogens with two attached hydrogens (primary N) is 1. The van der Waals surface area contributed by atoms with Crippen molar-refractivity contribution in [3.63, 3.8) is 0 Å². The molecule has 1 atom stereocenters. The Hall–Kier alpha value is -3.83. The standard InChI is InChI=1S/C26H31N7O/c1-19-11-14-32(24-18-23(29-30-26(24)27)22-8-4-5-9-25(22)34)15-16-33(19)21-10-12-28-20(17-21)7-6-13-31(2)3/h4-5,8-10,12,17-19,34H,11,13-16H2,1-3H3,(H2,27,30). The molecule has 0 amide bonds. The second kappa shape index (κ2) is 10.4. The van der Waals surface area contributed by atoms with Crippen molar-refractivity contribution in [3.8, 4) is 28.8 Å². The van der Waals surface area contributed by atoms with Gasteiger partial charge in [-0.25, -0.2) is 4.98 Å². The number of aromatic hydroxyl groups is 1. The number of pyridine rings is 1. The lowest BCUT2D eigenvalue weighted by molar-refractivity contribution is 0.464. The second-order valence-corrected chi connectivity index (χ2v) is 8.77. The van der Waals surface area contributed by atoms with Gasteiger partial charge in [0.05, 0.1) is 17.9 Å². The van der Waals surface area contributed by atoms with Crippen LogP contribution in [0.4, 0.5) is 17.2 Å². The summed E-state index contributed by atoms with van der Waals surface area (Å²) >= 11 is 0. The average Bonchev–Trinajstić information content (AvgIpc) is 3.01. The number of para-hydroxylation sites is 1. The first kappa shape index (κ1) is 23.3. The van der Waals surface area contributed by atoms with Crippen LogP contribution in [0.15, 0.2) is 48.7 Å². The molecule has 3 aromatic rings. The van der Waals surface area contributed by atoms with E-state index in [1.165, 1.54) is 0 Å². The number of hydrogen-bond acceptors (Lipinski definition) is 8. The van der Waals surface area contributed by atoms with Crippen LogP contribution in [0.5, 0.6) is 5.75 Å². The normalized spacial score (nSPS) is 16.2. The third-order valence-electron chi connectivity index (χ3n) is 5.97. The van der Waals surface area contributed by atoms with E-state index in [0.29, 0.717) is 29.7 Å². The van der Waals surface area contributed by atoms with Crippen molar-refractivity contribution in [2.75, 3.05) is 55.8 Å². The van der Waals surface area contributed by atoms with Crippen LogP contribution in [-0.2, 0) is 0 Å². The second-order valence-electron chi connectivity index (χ2n) is 8.77. The fourth-order valence-electron chi connectivity index (χ4n) is 4.10. The van der Waals surface area contributed by atoms with Gasteiger partial charge in [-0.05, 0) is 63.7 Å². The minimum atomic E-state index is 0.172. The fourth-order valence-corrected chi connectivity index (χ4v) is 4.10. The van der Waals surface area contributed by atoms with E-state index in [9.17, 15) is 5.11 Å². The number of phenols is 1. The van der Waals surface area contributed by atoms with Crippen LogP contribution in [0, 0.1) is 11.8 Å². The summed E-state index contributed by atoms with van der Waals surface area (Å²) in [5, 5.41) is 18.6. The number of hydrogen-bond donors (Lipinski definition) is 2. The number of rotatable bonds is 4.